The van der Waals surface area contributed by atoms with Gasteiger partial charge in [-0.1, -0.05) is 12.8 Å². The molecule has 3 heterocycles. The van der Waals surface area contributed by atoms with Gasteiger partial charge >= 0.3 is 0 Å². The first kappa shape index (κ1) is 21.3. The maximum Gasteiger partial charge on any atom is 0.244 e. The number of amides is 3. The van der Waals surface area contributed by atoms with Gasteiger partial charge in [0.15, 0.2) is 0 Å². The van der Waals surface area contributed by atoms with Crippen LogP contribution in [0.25, 0.3) is 10.9 Å². The maximum absolute atomic E-state index is 12.7. The first-order valence-corrected chi connectivity index (χ1v) is 11.3. The molecule has 8 heteroatoms. The standard InChI is InChI=1S/C23H31N5O3/c1-17(25-22(30)19-4-2-3-5-19)23(31)28-14-12-27(13-15-28)21(29)8-11-26-10-7-18-6-9-24-16-20(18)26/h6-7,9-10,16-17,19H,2-5,8,11-15H2,1H3,(H,25,30)/t17-/m0/s1. The lowest BCUT2D eigenvalue weighted by Crippen LogP contribution is -2.55. The smallest absolute Gasteiger partial charge is 0.244 e. The van der Waals surface area contributed by atoms with Crippen LogP contribution in [0.15, 0.2) is 30.7 Å². The fraction of sp³-hybridized carbons (Fsp3) is 0.565. The van der Waals surface area contributed by atoms with Crippen molar-refractivity contribution in [3.05, 3.63) is 30.7 Å². The van der Waals surface area contributed by atoms with Gasteiger partial charge in [-0.15, -0.1) is 0 Å². The molecule has 2 aliphatic rings. The lowest BCUT2D eigenvalue weighted by molar-refractivity contribution is -0.142. The minimum absolute atomic E-state index is 0.0000929. The average molecular weight is 426 g/mol. The fourth-order valence-electron chi connectivity index (χ4n) is 4.63. The topological polar surface area (TPSA) is 87.5 Å². The van der Waals surface area contributed by atoms with E-state index >= 15 is 0 Å². The predicted molar refractivity (Wildman–Crippen MR) is 117 cm³/mol. The summed E-state index contributed by atoms with van der Waals surface area (Å²) in [6.45, 7) is 4.43. The normalized spacial score (nSPS) is 18.4. The van der Waals surface area contributed by atoms with E-state index in [4.69, 9.17) is 0 Å². The van der Waals surface area contributed by atoms with Gasteiger partial charge in [0, 0.05) is 62.8 Å². The van der Waals surface area contributed by atoms with Crippen LogP contribution in [0.2, 0.25) is 0 Å². The summed E-state index contributed by atoms with van der Waals surface area (Å²) < 4.78 is 2.05. The lowest BCUT2D eigenvalue weighted by Gasteiger charge is -2.36. The van der Waals surface area contributed by atoms with E-state index in [1.54, 1.807) is 18.0 Å². The second-order valence-electron chi connectivity index (χ2n) is 8.61. The number of hydrogen-bond acceptors (Lipinski definition) is 4. The second kappa shape index (κ2) is 9.49. The summed E-state index contributed by atoms with van der Waals surface area (Å²) in [5.74, 6) is 0.0861. The maximum atomic E-state index is 12.7. The van der Waals surface area contributed by atoms with E-state index in [1.165, 1.54) is 0 Å². The van der Waals surface area contributed by atoms with Crippen molar-refractivity contribution in [3.63, 3.8) is 0 Å². The summed E-state index contributed by atoms with van der Waals surface area (Å²) in [4.78, 5) is 45.4. The monoisotopic (exact) mass is 425 g/mol. The number of pyridine rings is 1. The average Bonchev–Trinajstić information content (AvgIpc) is 3.47. The fourth-order valence-corrected chi connectivity index (χ4v) is 4.63. The van der Waals surface area contributed by atoms with Gasteiger partial charge in [0.1, 0.15) is 6.04 Å². The highest BCUT2D eigenvalue weighted by Crippen LogP contribution is 2.24. The van der Waals surface area contributed by atoms with Crippen LogP contribution >= 0.6 is 0 Å². The zero-order valence-electron chi connectivity index (χ0n) is 18.1. The van der Waals surface area contributed by atoms with Gasteiger partial charge in [-0.25, -0.2) is 0 Å². The Morgan fingerprint density at radius 1 is 1.10 bits per heavy atom. The van der Waals surface area contributed by atoms with Crippen molar-refractivity contribution >= 4 is 28.6 Å². The van der Waals surface area contributed by atoms with E-state index in [1.807, 2.05) is 29.4 Å². The van der Waals surface area contributed by atoms with Crippen molar-refractivity contribution < 1.29 is 14.4 Å². The number of carbonyl (C=O) groups excluding carboxylic acids is 3. The zero-order chi connectivity index (χ0) is 21.8. The van der Waals surface area contributed by atoms with Crippen molar-refractivity contribution in [2.75, 3.05) is 26.2 Å². The van der Waals surface area contributed by atoms with Crippen LogP contribution in [0.4, 0.5) is 0 Å². The Hall–Kier alpha value is -2.90. The number of piperazine rings is 1. The molecule has 1 saturated carbocycles. The second-order valence-corrected chi connectivity index (χ2v) is 8.61. The highest BCUT2D eigenvalue weighted by Gasteiger charge is 2.30. The van der Waals surface area contributed by atoms with Gasteiger partial charge in [-0.2, -0.15) is 0 Å². The molecule has 3 amide bonds. The van der Waals surface area contributed by atoms with Gasteiger partial charge in [0.25, 0.3) is 0 Å². The molecule has 31 heavy (non-hydrogen) atoms. The molecule has 2 fully saturated rings. The summed E-state index contributed by atoms with van der Waals surface area (Å²) in [6, 6.07) is 3.46. The summed E-state index contributed by atoms with van der Waals surface area (Å²) in [5, 5.41) is 4.00. The summed E-state index contributed by atoms with van der Waals surface area (Å²) in [6.07, 6.45) is 10.0. The van der Waals surface area contributed by atoms with Gasteiger partial charge in [0.2, 0.25) is 17.7 Å². The van der Waals surface area contributed by atoms with Crippen LogP contribution in [-0.4, -0.2) is 69.3 Å². The third-order valence-electron chi connectivity index (χ3n) is 6.54. The van der Waals surface area contributed by atoms with Crippen molar-refractivity contribution in [1.82, 2.24) is 24.7 Å². The Bertz CT molecular complexity index is 942. The molecule has 1 aliphatic carbocycles. The van der Waals surface area contributed by atoms with E-state index < -0.39 is 6.04 Å². The number of aromatic nitrogens is 2. The summed E-state index contributed by atoms with van der Waals surface area (Å²) in [5.41, 5.74) is 1.03. The van der Waals surface area contributed by atoms with E-state index in [0.29, 0.717) is 39.1 Å². The van der Waals surface area contributed by atoms with Crippen molar-refractivity contribution in [1.29, 1.82) is 0 Å². The largest absolute Gasteiger partial charge is 0.346 e. The van der Waals surface area contributed by atoms with Crippen molar-refractivity contribution in [2.45, 2.75) is 51.6 Å². The van der Waals surface area contributed by atoms with Crippen LogP contribution in [0.1, 0.15) is 39.0 Å². The highest BCUT2D eigenvalue weighted by molar-refractivity contribution is 5.88. The number of carbonyl (C=O) groups is 3. The van der Waals surface area contributed by atoms with E-state index in [2.05, 4.69) is 14.9 Å². The Labute approximate surface area is 182 Å². The van der Waals surface area contributed by atoms with Crippen LogP contribution in [0, 0.1) is 5.92 Å². The minimum atomic E-state index is -0.522. The molecule has 0 unspecified atom stereocenters. The molecule has 2 aromatic heterocycles. The van der Waals surface area contributed by atoms with Gasteiger partial charge in [-0.3, -0.25) is 19.4 Å². The lowest BCUT2D eigenvalue weighted by atomic mass is 10.1. The molecule has 8 nitrogen and oxygen atoms in total. The Morgan fingerprint density at radius 2 is 1.81 bits per heavy atom. The Balaban J connectivity index is 1.22. The van der Waals surface area contributed by atoms with Crippen LogP contribution in [-0.2, 0) is 20.9 Å². The molecule has 1 saturated heterocycles. The molecular weight excluding hydrogens is 394 g/mol. The van der Waals surface area contributed by atoms with Gasteiger partial charge < -0.3 is 19.7 Å². The molecule has 1 aliphatic heterocycles. The molecule has 1 atom stereocenters. The molecule has 2 aromatic rings. The molecule has 0 aromatic carbocycles. The van der Waals surface area contributed by atoms with E-state index in [9.17, 15) is 14.4 Å². The molecule has 0 radical (unpaired) electrons. The molecule has 4 rings (SSSR count). The van der Waals surface area contributed by atoms with Crippen LogP contribution < -0.4 is 5.32 Å². The van der Waals surface area contributed by atoms with Crippen LogP contribution in [0.5, 0.6) is 0 Å². The number of aryl methyl sites for hydroxylation is 1. The van der Waals surface area contributed by atoms with E-state index in [0.717, 1.165) is 36.6 Å². The van der Waals surface area contributed by atoms with Gasteiger partial charge in [0.05, 0.1) is 11.7 Å². The summed E-state index contributed by atoms with van der Waals surface area (Å²) in [7, 11) is 0. The molecule has 0 spiro atoms. The van der Waals surface area contributed by atoms with Crippen LogP contribution in [0.3, 0.4) is 0 Å². The third-order valence-corrected chi connectivity index (χ3v) is 6.54. The number of hydrogen-bond donors (Lipinski definition) is 1. The van der Waals surface area contributed by atoms with Gasteiger partial charge in [-0.05, 0) is 31.9 Å². The Kier molecular flexibility index (Phi) is 6.53. The van der Waals surface area contributed by atoms with E-state index in [-0.39, 0.29) is 23.6 Å². The van der Waals surface area contributed by atoms with Crippen molar-refractivity contribution in [2.24, 2.45) is 5.92 Å². The molecule has 1 N–H and O–H groups in total. The molecule has 166 valence electrons. The number of fused-ring (bicyclic) bond motifs is 1. The minimum Gasteiger partial charge on any atom is -0.346 e. The highest BCUT2D eigenvalue weighted by atomic mass is 16.2. The first-order chi connectivity index (χ1) is 15.0. The number of nitrogens with one attached hydrogen (secondary N) is 1. The predicted octanol–water partition coefficient (Wildman–Crippen LogP) is 1.79. The van der Waals surface area contributed by atoms with Crippen molar-refractivity contribution in [3.8, 4) is 0 Å². The first-order valence-electron chi connectivity index (χ1n) is 11.3. The Morgan fingerprint density at radius 3 is 2.55 bits per heavy atom. The third kappa shape index (κ3) is 4.89. The number of rotatable bonds is 6. The zero-order valence-corrected chi connectivity index (χ0v) is 18.1. The molecular formula is C23H31N5O3. The number of nitrogens with zero attached hydrogens (tertiary/aromatic N) is 4. The summed E-state index contributed by atoms with van der Waals surface area (Å²) >= 11 is 0. The SMILES string of the molecule is C[C@H](NC(=O)C1CCCC1)C(=O)N1CCN(C(=O)CCn2ccc3ccncc32)CC1. The molecule has 0 bridgehead atoms. The quantitative estimate of drug-likeness (QED) is 0.764.